The Balaban J connectivity index is 1.73. The van der Waals surface area contributed by atoms with E-state index in [1.807, 2.05) is 30.7 Å². The van der Waals surface area contributed by atoms with Crippen molar-refractivity contribution in [3.8, 4) is 5.75 Å². The summed E-state index contributed by atoms with van der Waals surface area (Å²) in [4.78, 5) is 11.4. The van der Waals surface area contributed by atoms with Gasteiger partial charge >= 0.3 is 0 Å². The van der Waals surface area contributed by atoms with Gasteiger partial charge in [0.15, 0.2) is 0 Å². The maximum atomic E-state index is 6.78. The fourth-order valence-electron chi connectivity index (χ4n) is 4.67. The van der Waals surface area contributed by atoms with Crippen LogP contribution in [0, 0.1) is 6.92 Å². The summed E-state index contributed by atoms with van der Waals surface area (Å²) in [6.07, 6.45) is 6.62. The number of aryl methyl sites for hydroxylation is 1. The molecule has 2 aromatic carbocycles. The number of likely N-dealkylation sites (N-methyl/N-ethyl adjacent to an activating group) is 1. The van der Waals surface area contributed by atoms with Crippen LogP contribution >= 0.6 is 0 Å². The van der Waals surface area contributed by atoms with Crippen molar-refractivity contribution in [3.05, 3.63) is 59.9 Å². The van der Waals surface area contributed by atoms with E-state index in [0.29, 0.717) is 0 Å². The third-order valence-electron chi connectivity index (χ3n) is 6.50. The number of aliphatic imine (C=N–C) groups is 1. The number of nitrogens with zero attached hydrogens (tertiary/aromatic N) is 3. The van der Waals surface area contributed by atoms with E-state index < -0.39 is 5.72 Å². The summed E-state index contributed by atoms with van der Waals surface area (Å²) in [5, 5.41) is 2.14. The van der Waals surface area contributed by atoms with Gasteiger partial charge < -0.3 is 9.64 Å². The Hall–Kier alpha value is -2.88. The molecule has 0 bridgehead atoms. The highest BCUT2D eigenvalue weighted by molar-refractivity contribution is 5.99. The van der Waals surface area contributed by atoms with E-state index in [0.717, 1.165) is 28.6 Å². The predicted molar refractivity (Wildman–Crippen MR) is 110 cm³/mol. The van der Waals surface area contributed by atoms with Crippen molar-refractivity contribution < 1.29 is 4.74 Å². The SMILES string of the molecule is CCC1(C)c2cc(C)ccc2N(C)C12C=Nc1c(ccc3ccncc13)O2. The standard InChI is InChI=1S/C23H23N3O/c1-5-22(3)18-12-15(2)6-8-19(18)26(4)23(22)14-25-21-17-13-24-11-10-16(17)7-9-20(21)27-23/h6-14H,5H2,1-4H3. The molecule has 4 nitrogen and oxygen atoms in total. The van der Waals surface area contributed by atoms with E-state index in [9.17, 15) is 0 Å². The summed E-state index contributed by atoms with van der Waals surface area (Å²) in [5.41, 5.74) is 3.83. The molecule has 0 radical (unpaired) electrons. The Bertz CT molecular complexity index is 1110. The van der Waals surface area contributed by atoms with Crippen LogP contribution in [0.2, 0.25) is 0 Å². The summed E-state index contributed by atoms with van der Waals surface area (Å²) in [6, 6.07) is 12.8. The van der Waals surface area contributed by atoms with Crippen LogP contribution in [0.1, 0.15) is 31.4 Å². The van der Waals surface area contributed by atoms with Crippen molar-refractivity contribution in [3.63, 3.8) is 0 Å². The summed E-state index contributed by atoms with van der Waals surface area (Å²) in [6.45, 7) is 6.66. The van der Waals surface area contributed by atoms with Crippen LogP contribution in [0.5, 0.6) is 5.75 Å². The number of ether oxygens (including phenoxy) is 1. The third-order valence-corrected chi connectivity index (χ3v) is 6.50. The Kier molecular flexibility index (Phi) is 3.21. The van der Waals surface area contributed by atoms with Gasteiger partial charge in [-0.15, -0.1) is 0 Å². The van der Waals surface area contributed by atoms with Crippen molar-refractivity contribution >= 4 is 28.4 Å². The summed E-state index contributed by atoms with van der Waals surface area (Å²) in [5.74, 6) is 0.814. The topological polar surface area (TPSA) is 37.7 Å². The Labute approximate surface area is 159 Å². The lowest BCUT2D eigenvalue weighted by molar-refractivity contribution is 0.0706. The van der Waals surface area contributed by atoms with Gasteiger partial charge in [-0.05, 0) is 49.4 Å². The molecule has 0 N–H and O–H groups in total. The van der Waals surface area contributed by atoms with Gasteiger partial charge in [-0.2, -0.15) is 0 Å². The quantitative estimate of drug-likeness (QED) is 0.604. The number of fused-ring (bicyclic) bond motifs is 4. The maximum absolute atomic E-state index is 6.78. The molecule has 0 aliphatic carbocycles. The highest BCUT2D eigenvalue weighted by Crippen LogP contribution is 2.55. The summed E-state index contributed by atoms with van der Waals surface area (Å²) < 4.78 is 6.78. The largest absolute Gasteiger partial charge is 0.459 e. The molecule has 1 aromatic heterocycles. The van der Waals surface area contributed by atoms with Gasteiger partial charge in [0.1, 0.15) is 11.4 Å². The molecule has 2 aliphatic heterocycles. The monoisotopic (exact) mass is 357 g/mol. The zero-order valence-corrected chi connectivity index (χ0v) is 16.2. The molecule has 27 heavy (non-hydrogen) atoms. The molecule has 3 aromatic rings. The van der Waals surface area contributed by atoms with Gasteiger partial charge in [0.25, 0.3) is 0 Å². The van der Waals surface area contributed by atoms with Crippen molar-refractivity contribution in [1.29, 1.82) is 0 Å². The lowest BCUT2D eigenvalue weighted by Gasteiger charge is -2.46. The minimum Gasteiger partial charge on any atom is -0.459 e. The Morgan fingerprint density at radius 2 is 2.00 bits per heavy atom. The first-order valence-corrected chi connectivity index (χ1v) is 9.46. The van der Waals surface area contributed by atoms with Gasteiger partial charge in [-0.1, -0.05) is 30.7 Å². The molecule has 3 heterocycles. The molecule has 2 atom stereocenters. The number of benzene rings is 2. The Morgan fingerprint density at radius 3 is 2.81 bits per heavy atom. The second-order valence-corrected chi connectivity index (χ2v) is 7.83. The number of hydrogen-bond acceptors (Lipinski definition) is 4. The molecular formula is C23H23N3O. The predicted octanol–water partition coefficient (Wildman–Crippen LogP) is 5.15. The number of anilines is 1. The average Bonchev–Trinajstić information content (AvgIpc) is 2.87. The molecule has 4 heteroatoms. The molecule has 0 saturated heterocycles. The van der Waals surface area contributed by atoms with Gasteiger partial charge in [-0.25, -0.2) is 0 Å². The molecule has 1 spiro atoms. The van der Waals surface area contributed by atoms with Crippen molar-refractivity contribution in [1.82, 2.24) is 4.98 Å². The van der Waals surface area contributed by atoms with Gasteiger partial charge in [0.05, 0.1) is 11.6 Å². The minimum absolute atomic E-state index is 0.200. The third kappa shape index (κ3) is 1.93. The zero-order valence-electron chi connectivity index (χ0n) is 16.2. The van der Waals surface area contributed by atoms with Gasteiger partial charge in [0, 0.05) is 30.5 Å². The zero-order chi connectivity index (χ0) is 18.8. The normalized spacial score (nSPS) is 25.6. The van der Waals surface area contributed by atoms with E-state index in [2.05, 4.69) is 62.0 Å². The fourth-order valence-corrected chi connectivity index (χ4v) is 4.67. The number of rotatable bonds is 1. The number of pyridine rings is 1. The molecular weight excluding hydrogens is 334 g/mol. The fraction of sp³-hybridized carbons (Fsp3) is 0.304. The van der Waals surface area contributed by atoms with Crippen LogP contribution in [0.3, 0.4) is 0 Å². The highest BCUT2D eigenvalue weighted by atomic mass is 16.5. The molecule has 0 amide bonds. The summed E-state index contributed by atoms with van der Waals surface area (Å²) >= 11 is 0. The molecule has 136 valence electrons. The second kappa shape index (κ2) is 5.32. The van der Waals surface area contributed by atoms with Crippen molar-refractivity contribution in [2.45, 2.75) is 38.3 Å². The molecule has 0 fully saturated rings. The number of hydrogen-bond donors (Lipinski definition) is 0. The molecule has 0 saturated carbocycles. The first-order valence-electron chi connectivity index (χ1n) is 9.46. The lowest BCUT2D eigenvalue weighted by Crippen LogP contribution is -2.61. The van der Waals surface area contributed by atoms with Crippen molar-refractivity contribution in [2.75, 3.05) is 11.9 Å². The van der Waals surface area contributed by atoms with Gasteiger partial charge in [0.2, 0.25) is 5.72 Å². The van der Waals surface area contributed by atoms with E-state index in [1.165, 1.54) is 16.8 Å². The smallest absolute Gasteiger partial charge is 0.228 e. The van der Waals surface area contributed by atoms with Gasteiger partial charge in [-0.3, -0.25) is 9.98 Å². The van der Waals surface area contributed by atoms with E-state index in [4.69, 9.17) is 9.73 Å². The first kappa shape index (κ1) is 16.3. The van der Waals surface area contributed by atoms with E-state index in [1.54, 1.807) is 0 Å². The first-order chi connectivity index (χ1) is 13.0. The maximum Gasteiger partial charge on any atom is 0.228 e. The molecule has 5 rings (SSSR count). The van der Waals surface area contributed by atoms with E-state index >= 15 is 0 Å². The highest BCUT2D eigenvalue weighted by Gasteiger charge is 2.60. The number of aromatic nitrogens is 1. The average molecular weight is 357 g/mol. The second-order valence-electron chi connectivity index (χ2n) is 7.83. The minimum atomic E-state index is -0.638. The van der Waals surface area contributed by atoms with Crippen molar-refractivity contribution in [2.24, 2.45) is 4.99 Å². The van der Waals surface area contributed by atoms with E-state index in [-0.39, 0.29) is 5.41 Å². The van der Waals surface area contributed by atoms with Crippen LogP contribution in [-0.4, -0.2) is 24.0 Å². The molecule has 2 aliphatic rings. The van der Waals surface area contributed by atoms with Crippen LogP contribution < -0.4 is 9.64 Å². The Morgan fingerprint density at radius 1 is 1.15 bits per heavy atom. The van der Waals surface area contributed by atoms with Crippen LogP contribution in [0.4, 0.5) is 11.4 Å². The van der Waals surface area contributed by atoms with Crippen LogP contribution in [0.25, 0.3) is 10.8 Å². The molecule has 2 unspecified atom stereocenters. The van der Waals surface area contributed by atoms with Crippen LogP contribution in [0.15, 0.2) is 53.8 Å². The summed E-state index contributed by atoms with van der Waals surface area (Å²) in [7, 11) is 2.11. The van der Waals surface area contributed by atoms with Crippen LogP contribution in [-0.2, 0) is 5.41 Å². The lowest BCUT2D eigenvalue weighted by atomic mass is 9.73.